The maximum Gasteiger partial charge on any atom is 0.389 e. The van der Waals surface area contributed by atoms with Crippen LogP contribution in [0.1, 0.15) is 0 Å². The molecule has 0 spiro atoms. The summed E-state index contributed by atoms with van der Waals surface area (Å²) in [4.78, 5) is 0. The molecule has 0 amide bonds. The monoisotopic (exact) mass is 668 g/mol. The Kier molecular flexibility index (Phi) is 11.1. The lowest BCUT2D eigenvalue weighted by Gasteiger charge is -2.46. The fourth-order valence-corrected chi connectivity index (χ4v) is 31.9. The molecular weight excluding hydrogens is 621 g/mol. The van der Waals surface area contributed by atoms with Gasteiger partial charge in [-0.1, -0.05) is 102 Å². The summed E-state index contributed by atoms with van der Waals surface area (Å²) in [6.45, 7) is 27.3. The van der Waals surface area contributed by atoms with E-state index >= 15 is 0 Å². The van der Waals surface area contributed by atoms with Gasteiger partial charge >= 0.3 is 34.2 Å². The fourth-order valence-electron chi connectivity index (χ4n) is 5.09. The summed E-state index contributed by atoms with van der Waals surface area (Å²) in [5, 5.41) is 3.08. The van der Waals surface area contributed by atoms with Gasteiger partial charge in [0.05, 0.1) is 0 Å². The zero-order valence-corrected chi connectivity index (χ0v) is 32.8. The third kappa shape index (κ3) is 9.12. The van der Waals surface area contributed by atoms with Crippen molar-refractivity contribution in [3.05, 3.63) is 116 Å². The zero-order chi connectivity index (χ0) is 31.3. The highest BCUT2D eigenvalue weighted by Gasteiger charge is 2.56. The Morgan fingerprint density at radius 1 is 0.429 bits per heavy atom. The minimum absolute atomic E-state index is 1.01. The summed E-state index contributed by atoms with van der Waals surface area (Å²) in [5.74, 6) is 0. The molecule has 0 saturated heterocycles. The van der Waals surface area contributed by atoms with E-state index in [1.165, 1.54) is 0 Å². The van der Waals surface area contributed by atoms with Crippen molar-refractivity contribution in [1.82, 2.24) is 0 Å². The Hall–Kier alpha value is -1.76. The van der Waals surface area contributed by atoms with Crippen LogP contribution >= 0.6 is 0 Å². The molecule has 0 bridgehead atoms. The molecule has 42 heavy (non-hydrogen) atoms. The van der Waals surface area contributed by atoms with E-state index in [1.807, 2.05) is 66.0 Å². The number of hydrogen-bond donors (Lipinski definition) is 0. The highest BCUT2D eigenvalue weighted by Crippen LogP contribution is 2.28. The van der Waals surface area contributed by atoms with Crippen molar-refractivity contribution in [3.8, 4) is 0 Å². The lowest BCUT2D eigenvalue weighted by molar-refractivity contribution is 0.294. The topological polar surface area (TPSA) is 46.2 Å². The maximum absolute atomic E-state index is 7.64. The van der Waals surface area contributed by atoms with Crippen molar-refractivity contribution < 1.29 is 20.6 Å². The second-order valence-corrected chi connectivity index (χ2v) is 34.4. The van der Waals surface area contributed by atoms with Crippen molar-refractivity contribution in [1.29, 1.82) is 0 Å². The fraction of sp³-hybridized carbons (Fsp3) is 0.290. The van der Waals surface area contributed by atoms with Gasteiger partial charge in [-0.25, -0.2) is 0 Å². The quantitative estimate of drug-likeness (QED) is 0.172. The lowest BCUT2D eigenvalue weighted by atomic mass is 10.4. The molecule has 226 valence electrons. The summed E-state index contributed by atoms with van der Waals surface area (Å²) >= 11 is 0. The van der Waals surface area contributed by atoms with Crippen LogP contribution in [-0.2, 0) is 20.6 Å². The molecule has 1 atom stereocenters. The van der Waals surface area contributed by atoms with E-state index in [9.17, 15) is 0 Å². The van der Waals surface area contributed by atoms with Crippen LogP contribution in [0.4, 0.5) is 0 Å². The predicted octanol–water partition coefficient (Wildman–Crippen LogP) is 6.57. The van der Waals surface area contributed by atoms with E-state index in [4.69, 9.17) is 20.6 Å². The molecule has 0 saturated carbocycles. The molecule has 11 heteroatoms. The molecule has 3 rings (SSSR count). The van der Waals surface area contributed by atoms with Crippen molar-refractivity contribution >= 4 is 66.4 Å². The van der Waals surface area contributed by atoms with Crippen molar-refractivity contribution in [2.24, 2.45) is 0 Å². The largest absolute Gasteiger partial charge is 0.433 e. The molecule has 3 aromatic rings. The van der Waals surface area contributed by atoms with Crippen LogP contribution in [-0.4, -0.2) is 50.9 Å². The predicted molar refractivity (Wildman–Crippen MR) is 191 cm³/mol. The maximum atomic E-state index is 7.64. The third-order valence-corrected chi connectivity index (χ3v) is 29.8. The average molecular weight is 669 g/mol. The van der Waals surface area contributed by atoms with E-state index in [2.05, 4.69) is 108 Å². The minimum Gasteiger partial charge on any atom is -0.433 e. The molecular formula is C31H48O5Si6. The Labute approximate surface area is 260 Å². The summed E-state index contributed by atoms with van der Waals surface area (Å²) in [6.07, 6.45) is 0. The lowest BCUT2D eigenvalue weighted by Crippen LogP contribution is -2.74. The van der Waals surface area contributed by atoms with Gasteiger partial charge in [-0.3, -0.25) is 0 Å². The Balaban J connectivity index is 2.25. The molecule has 0 aliphatic rings. The zero-order valence-electron chi connectivity index (χ0n) is 26.8. The number of rotatable bonds is 15. The van der Waals surface area contributed by atoms with Gasteiger partial charge in [0.1, 0.15) is 0 Å². The molecule has 1 unspecified atom stereocenters. The van der Waals surface area contributed by atoms with Crippen LogP contribution in [0.3, 0.4) is 0 Å². The third-order valence-electron chi connectivity index (χ3n) is 6.78. The highest BCUT2D eigenvalue weighted by atomic mass is 28.5. The second kappa shape index (κ2) is 13.5. The van der Waals surface area contributed by atoms with Crippen LogP contribution in [0, 0.1) is 0 Å². The summed E-state index contributed by atoms with van der Waals surface area (Å²) in [6, 6.07) is 31.0. The first-order chi connectivity index (χ1) is 19.5. The van der Waals surface area contributed by atoms with Crippen molar-refractivity contribution in [2.45, 2.75) is 58.9 Å². The van der Waals surface area contributed by atoms with Crippen LogP contribution in [0.5, 0.6) is 0 Å². The van der Waals surface area contributed by atoms with E-state index in [-0.39, 0.29) is 0 Å². The normalized spacial score (nSPS) is 14.7. The standard InChI is InChI=1S/C31H48O5Si6/c1-12-37(3,4)32-39(7,8)34-40(9,10)35-42(30-25-19-15-20-26-30,31-27-21-16-22-28-31)36-41(11,33-38(5,6)13-2)29-23-17-14-18-24-29/h12-28H,1-2H2,3-11H3. The van der Waals surface area contributed by atoms with E-state index in [0.717, 1.165) is 15.6 Å². The number of benzene rings is 3. The van der Waals surface area contributed by atoms with Gasteiger partial charge in [-0.05, 0) is 74.5 Å². The van der Waals surface area contributed by atoms with Crippen molar-refractivity contribution in [3.63, 3.8) is 0 Å². The SMILES string of the molecule is C=C[Si](C)(C)O[Si](C)(C)O[Si](C)(C)O[Si](O[Si](C)(O[Si](C)(C)C=C)c1ccccc1)(c1ccccc1)c1ccccc1. The molecule has 0 heterocycles. The first-order valence-electron chi connectivity index (χ1n) is 14.4. The van der Waals surface area contributed by atoms with Gasteiger partial charge in [-0.15, -0.1) is 13.2 Å². The second-order valence-electron chi connectivity index (χ2n) is 12.6. The van der Waals surface area contributed by atoms with Crippen LogP contribution in [0.25, 0.3) is 0 Å². The van der Waals surface area contributed by atoms with Gasteiger partial charge in [0.2, 0.25) is 0 Å². The van der Waals surface area contributed by atoms with Gasteiger partial charge < -0.3 is 20.6 Å². The van der Waals surface area contributed by atoms with Crippen LogP contribution < -0.4 is 15.6 Å². The Morgan fingerprint density at radius 3 is 1.19 bits per heavy atom. The molecule has 0 aromatic heterocycles. The molecule has 0 aliphatic heterocycles. The van der Waals surface area contributed by atoms with Gasteiger partial charge in [-0.2, -0.15) is 0 Å². The molecule has 0 aliphatic carbocycles. The van der Waals surface area contributed by atoms with E-state index < -0.39 is 50.9 Å². The minimum atomic E-state index is -3.46. The van der Waals surface area contributed by atoms with Crippen LogP contribution in [0.15, 0.2) is 116 Å². The first-order valence-corrected chi connectivity index (χ1v) is 30.2. The molecule has 0 fully saturated rings. The summed E-state index contributed by atoms with van der Waals surface area (Å²) in [7, 11) is -16.5. The summed E-state index contributed by atoms with van der Waals surface area (Å²) in [5.41, 5.74) is 3.92. The molecule has 0 N–H and O–H groups in total. The first kappa shape index (κ1) is 34.7. The molecule has 5 nitrogen and oxygen atoms in total. The molecule has 3 aromatic carbocycles. The number of hydrogen-bond acceptors (Lipinski definition) is 5. The smallest absolute Gasteiger partial charge is 0.389 e. The van der Waals surface area contributed by atoms with Crippen LogP contribution in [0.2, 0.25) is 58.9 Å². The summed E-state index contributed by atoms with van der Waals surface area (Å²) < 4.78 is 35.8. The highest BCUT2D eigenvalue weighted by molar-refractivity contribution is 7.05. The van der Waals surface area contributed by atoms with E-state index in [1.54, 1.807) is 0 Å². The van der Waals surface area contributed by atoms with Gasteiger partial charge in [0.25, 0.3) is 0 Å². The van der Waals surface area contributed by atoms with Gasteiger partial charge in [0.15, 0.2) is 16.6 Å². The van der Waals surface area contributed by atoms with Gasteiger partial charge in [0, 0.05) is 0 Å². The average Bonchev–Trinajstić information content (AvgIpc) is 2.92. The molecule has 0 radical (unpaired) electrons. The van der Waals surface area contributed by atoms with Crippen molar-refractivity contribution in [2.75, 3.05) is 0 Å². The Bertz CT molecular complexity index is 1280. The Morgan fingerprint density at radius 2 is 0.786 bits per heavy atom. The van der Waals surface area contributed by atoms with E-state index in [0.29, 0.717) is 0 Å².